The van der Waals surface area contributed by atoms with Crippen molar-refractivity contribution in [1.29, 1.82) is 0 Å². The zero-order valence-corrected chi connectivity index (χ0v) is 10.4. The molecule has 0 radical (unpaired) electrons. The van der Waals surface area contributed by atoms with Gasteiger partial charge in [-0.25, -0.2) is 0 Å². The van der Waals surface area contributed by atoms with E-state index in [2.05, 4.69) is 38.0 Å². The van der Waals surface area contributed by atoms with E-state index in [-0.39, 0.29) is 0 Å². The Morgan fingerprint density at radius 2 is 1.73 bits per heavy atom. The molecule has 0 amide bonds. The van der Waals surface area contributed by atoms with Gasteiger partial charge in [0.05, 0.1) is 0 Å². The van der Waals surface area contributed by atoms with Crippen LogP contribution in [0.2, 0.25) is 0 Å². The second-order valence-corrected chi connectivity index (χ2v) is 5.43. The summed E-state index contributed by atoms with van der Waals surface area (Å²) in [6.07, 6.45) is 4.40. The van der Waals surface area contributed by atoms with Crippen LogP contribution in [0.15, 0.2) is 4.99 Å². The monoisotopic (exact) mass is 209 g/mol. The first-order valence-corrected chi connectivity index (χ1v) is 5.98. The van der Waals surface area contributed by atoms with Gasteiger partial charge in [0, 0.05) is 34.7 Å². The lowest BCUT2D eigenvalue weighted by atomic mass is 10.2. The van der Waals surface area contributed by atoms with Gasteiger partial charge in [-0.1, -0.05) is 0 Å². The third-order valence-corrected chi connectivity index (χ3v) is 3.47. The molecule has 0 heterocycles. The predicted molar refractivity (Wildman–Crippen MR) is 64.0 cm³/mol. The number of nitrogens with zero attached hydrogens (tertiary/aromatic N) is 3. The largest absolute Gasteiger partial charge is 0.349 e. The standard InChI is InChI=1S/C12H23N3/c1-14(2)12(15(3)4)13-8-10-7-11(10)9-5-6-9/h9-11H,5-8H2,1-4H3/t10-,11-/m0/s1. The first-order valence-electron chi connectivity index (χ1n) is 5.98. The fourth-order valence-corrected chi connectivity index (χ4v) is 2.46. The molecule has 2 aliphatic carbocycles. The SMILES string of the molecule is CN(C)C(=NC[C@@H]1C[C@H]1C1CC1)N(C)C. The Balaban J connectivity index is 1.81. The number of hydrogen-bond donors (Lipinski definition) is 0. The van der Waals surface area contributed by atoms with Gasteiger partial charge in [-0.3, -0.25) is 4.99 Å². The number of hydrogen-bond acceptors (Lipinski definition) is 1. The summed E-state index contributed by atoms with van der Waals surface area (Å²) >= 11 is 0. The molecule has 0 bridgehead atoms. The lowest BCUT2D eigenvalue weighted by Crippen LogP contribution is -2.35. The molecule has 0 saturated heterocycles. The van der Waals surface area contributed by atoms with E-state index in [0.29, 0.717) is 0 Å². The fourth-order valence-electron chi connectivity index (χ4n) is 2.46. The zero-order valence-electron chi connectivity index (χ0n) is 10.4. The van der Waals surface area contributed by atoms with Gasteiger partial charge in [-0.15, -0.1) is 0 Å². The van der Waals surface area contributed by atoms with E-state index >= 15 is 0 Å². The van der Waals surface area contributed by atoms with E-state index in [9.17, 15) is 0 Å². The summed E-state index contributed by atoms with van der Waals surface area (Å²) in [7, 11) is 8.24. The minimum Gasteiger partial charge on any atom is -0.349 e. The molecule has 2 rings (SSSR count). The van der Waals surface area contributed by atoms with Gasteiger partial charge in [-0.05, 0) is 37.0 Å². The van der Waals surface area contributed by atoms with Gasteiger partial charge in [0.2, 0.25) is 0 Å². The molecule has 0 aromatic rings. The lowest BCUT2D eigenvalue weighted by molar-refractivity contribution is 0.476. The van der Waals surface area contributed by atoms with E-state index in [0.717, 1.165) is 30.3 Å². The van der Waals surface area contributed by atoms with Gasteiger partial charge in [0.1, 0.15) is 0 Å². The van der Waals surface area contributed by atoms with E-state index in [4.69, 9.17) is 4.99 Å². The maximum absolute atomic E-state index is 4.71. The summed E-state index contributed by atoms with van der Waals surface area (Å²) in [5.74, 6) is 4.09. The van der Waals surface area contributed by atoms with Crippen molar-refractivity contribution in [3.05, 3.63) is 0 Å². The van der Waals surface area contributed by atoms with Crippen LogP contribution >= 0.6 is 0 Å². The van der Waals surface area contributed by atoms with Crippen molar-refractivity contribution in [2.45, 2.75) is 19.3 Å². The molecule has 3 heteroatoms. The second-order valence-electron chi connectivity index (χ2n) is 5.43. The highest BCUT2D eigenvalue weighted by Gasteiger charge is 2.46. The summed E-state index contributed by atoms with van der Waals surface area (Å²) < 4.78 is 0. The van der Waals surface area contributed by atoms with Crippen LogP contribution in [-0.4, -0.2) is 50.5 Å². The Hall–Kier alpha value is -0.730. The molecule has 0 aromatic heterocycles. The van der Waals surface area contributed by atoms with E-state index in [1.165, 1.54) is 19.3 Å². The molecule has 2 aliphatic rings. The Morgan fingerprint density at radius 1 is 1.13 bits per heavy atom. The number of rotatable bonds is 3. The molecule has 3 nitrogen and oxygen atoms in total. The quantitative estimate of drug-likeness (QED) is 0.518. The van der Waals surface area contributed by atoms with E-state index < -0.39 is 0 Å². The van der Waals surface area contributed by atoms with Gasteiger partial charge in [0.25, 0.3) is 0 Å². The third kappa shape index (κ3) is 2.64. The highest BCUT2D eigenvalue weighted by Crippen LogP contribution is 2.54. The van der Waals surface area contributed by atoms with Crippen LogP contribution in [-0.2, 0) is 0 Å². The summed E-state index contributed by atoms with van der Waals surface area (Å²) in [5.41, 5.74) is 0. The number of guanidine groups is 1. The molecular weight excluding hydrogens is 186 g/mol. The molecule has 86 valence electrons. The Bertz CT molecular complexity index is 244. The first kappa shape index (κ1) is 10.8. The van der Waals surface area contributed by atoms with Crippen LogP contribution < -0.4 is 0 Å². The molecule has 2 saturated carbocycles. The molecule has 2 atom stereocenters. The van der Waals surface area contributed by atoms with Crippen LogP contribution in [0.25, 0.3) is 0 Å². The summed E-state index contributed by atoms with van der Waals surface area (Å²) in [6, 6.07) is 0. The van der Waals surface area contributed by atoms with Gasteiger partial charge >= 0.3 is 0 Å². The maximum atomic E-state index is 4.71. The van der Waals surface area contributed by atoms with Crippen molar-refractivity contribution in [3.63, 3.8) is 0 Å². The molecule has 15 heavy (non-hydrogen) atoms. The van der Waals surface area contributed by atoms with Crippen LogP contribution in [0, 0.1) is 17.8 Å². The topological polar surface area (TPSA) is 18.8 Å². The minimum atomic E-state index is 0.896. The van der Waals surface area contributed by atoms with Crippen molar-refractivity contribution < 1.29 is 0 Å². The molecule has 0 aromatic carbocycles. The van der Waals surface area contributed by atoms with Gasteiger partial charge in [-0.2, -0.15) is 0 Å². The van der Waals surface area contributed by atoms with Gasteiger partial charge < -0.3 is 9.80 Å². The predicted octanol–water partition coefficient (Wildman–Crippen LogP) is 1.51. The molecule has 0 N–H and O–H groups in total. The zero-order chi connectivity index (χ0) is 11.0. The molecule has 0 spiro atoms. The van der Waals surface area contributed by atoms with Gasteiger partial charge in [0.15, 0.2) is 5.96 Å². The minimum absolute atomic E-state index is 0.896. The average Bonchev–Trinajstić information content (AvgIpc) is 2.98. The normalized spacial score (nSPS) is 28.5. The smallest absolute Gasteiger partial charge is 0.195 e. The molecule has 0 aliphatic heterocycles. The fraction of sp³-hybridized carbons (Fsp3) is 0.917. The Morgan fingerprint density at radius 3 is 2.20 bits per heavy atom. The van der Waals surface area contributed by atoms with Crippen molar-refractivity contribution in [2.24, 2.45) is 22.7 Å². The second kappa shape index (κ2) is 4.03. The highest BCUT2D eigenvalue weighted by molar-refractivity contribution is 5.79. The summed E-state index contributed by atoms with van der Waals surface area (Å²) in [5, 5.41) is 0. The molecular formula is C12H23N3. The van der Waals surface area contributed by atoms with Crippen LogP contribution in [0.4, 0.5) is 0 Å². The van der Waals surface area contributed by atoms with Crippen LogP contribution in [0.1, 0.15) is 19.3 Å². The summed E-state index contributed by atoms with van der Waals surface area (Å²) in [4.78, 5) is 8.90. The van der Waals surface area contributed by atoms with Crippen molar-refractivity contribution >= 4 is 5.96 Å². The Kier molecular flexibility index (Phi) is 2.89. The number of aliphatic imine (C=N–C) groups is 1. The highest BCUT2D eigenvalue weighted by atomic mass is 15.3. The molecule has 0 unspecified atom stereocenters. The lowest BCUT2D eigenvalue weighted by Gasteiger charge is -2.22. The van der Waals surface area contributed by atoms with E-state index in [1.54, 1.807) is 0 Å². The first-order chi connectivity index (χ1) is 7.09. The maximum Gasteiger partial charge on any atom is 0.195 e. The van der Waals surface area contributed by atoms with Crippen molar-refractivity contribution in [1.82, 2.24) is 9.80 Å². The third-order valence-electron chi connectivity index (χ3n) is 3.47. The average molecular weight is 209 g/mol. The Labute approximate surface area is 93.2 Å². The van der Waals surface area contributed by atoms with Crippen molar-refractivity contribution in [3.8, 4) is 0 Å². The molecule has 2 fully saturated rings. The van der Waals surface area contributed by atoms with Crippen LogP contribution in [0.3, 0.4) is 0 Å². The van der Waals surface area contributed by atoms with E-state index in [1.807, 2.05) is 0 Å². The summed E-state index contributed by atoms with van der Waals surface area (Å²) in [6.45, 7) is 1.03. The van der Waals surface area contributed by atoms with Crippen molar-refractivity contribution in [2.75, 3.05) is 34.7 Å². The van der Waals surface area contributed by atoms with Crippen LogP contribution in [0.5, 0.6) is 0 Å².